The van der Waals surface area contributed by atoms with E-state index >= 15 is 0 Å². The van der Waals surface area contributed by atoms with E-state index in [-0.39, 0.29) is 6.54 Å². The summed E-state index contributed by atoms with van der Waals surface area (Å²) in [5, 5.41) is 2.40. The zero-order valence-electron chi connectivity index (χ0n) is 10.4. The molecule has 0 saturated carbocycles. The number of alkyl halides is 3. The number of methoxy groups -OCH3 is 1. The molecule has 0 radical (unpaired) electrons. The van der Waals surface area contributed by atoms with Gasteiger partial charge in [0.2, 0.25) is 5.91 Å². The number of benzene rings is 1. The number of rotatable bonds is 5. The Morgan fingerprint density at radius 1 is 1.42 bits per heavy atom. The van der Waals surface area contributed by atoms with Crippen LogP contribution in [0, 0.1) is 0 Å². The Labute approximate surface area is 108 Å². The van der Waals surface area contributed by atoms with E-state index in [9.17, 15) is 18.0 Å². The summed E-state index contributed by atoms with van der Waals surface area (Å²) in [5.41, 5.74) is 6.77. The highest BCUT2D eigenvalue weighted by molar-refractivity contribution is 5.75. The van der Waals surface area contributed by atoms with Crippen LogP contribution >= 0.6 is 0 Å². The average molecular weight is 276 g/mol. The van der Waals surface area contributed by atoms with E-state index in [0.29, 0.717) is 17.0 Å². The molecular formula is C12H15F3N2O2. The van der Waals surface area contributed by atoms with Crippen LogP contribution in [0.25, 0.3) is 0 Å². The lowest BCUT2D eigenvalue weighted by atomic mass is 10.2. The molecule has 106 valence electrons. The second-order valence-corrected chi connectivity index (χ2v) is 3.97. The first kappa shape index (κ1) is 15.1. The Bertz CT molecular complexity index is 447. The van der Waals surface area contributed by atoms with Gasteiger partial charge in [-0.25, -0.2) is 0 Å². The molecule has 1 aromatic carbocycles. The molecule has 0 aromatic heterocycles. The number of carbonyl (C=O) groups is 1. The normalized spacial score (nSPS) is 11.2. The van der Waals surface area contributed by atoms with Gasteiger partial charge in [-0.15, -0.1) is 0 Å². The molecule has 1 rings (SSSR count). The molecule has 0 fully saturated rings. The number of amides is 1. The predicted molar refractivity (Wildman–Crippen MR) is 64.5 cm³/mol. The van der Waals surface area contributed by atoms with Crippen molar-refractivity contribution < 1.29 is 22.7 Å². The first-order chi connectivity index (χ1) is 8.81. The Morgan fingerprint density at radius 3 is 2.63 bits per heavy atom. The highest BCUT2D eigenvalue weighted by Crippen LogP contribution is 2.22. The first-order valence-electron chi connectivity index (χ1n) is 5.57. The van der Waals surface area contributed by atoms with E-state index < -0.39 is 24.9 Å². The molecule has 19 heavy (non-hydrogen) atoms. The van der Waals surface area contributed by atoms with Gasteiger partial charge in [0.25, 0.3) is 0 Å². The van der Waals surface area contributed by atoms with Crippen LogP contribution in [0.3, 0.4) is 0 Å². The Kier molecular flexibility index (Phi) is 5.02. The molecule has 1 amide bonds. The smallest absolute Gasteiger partial charge is 0.389 e. The highest BCUT2D eigenvalue weighted by atomic mass is 19.4. The van der Waals surface area contributed by atoms with Crippen LogP contribution in [0.5, 0.6) is 5.75 Å². The summed E-state index contributed by atoms with van der Waals surface area (Å²) in [6.07, 6.45) is -6.01. The molecule has 7 heteroatoms. The van der Waals surface area contributed by atoms with Gasteiger partial charge in [0.05, 0.1) is 19.2 Å². The molecule has 4 nitrogen and oxygen atoms in total. The highest BCUT2D eigenvalue weighted by Gasteiger charge is 2.27. The lowest BCUT2D eigenvalue weighted by Gasteiger charge is -2.09. The fourth-order valence-electron chi connectivity index (χ4n) is 1.44. The first-order valence-corrected chi connectivity index (χ1v) is 5.57. The zero-order chi connectivity index (χ0) is 14.5. The predicted octanol–water partition coefficient (Wildman–Crippen LogP) is 2.24. The molecule has 0 aliphatic heterocycles. The van der Waals surface area contributed by atoms with Gasteiger partial charge in [0.1, 0.15) is 5.75 Å². The van der Waals surface area contributed by atoms with Crippen molar-refractivity contribution in [3.8, 4) is 5.75 Å². The van der Waals surface area contributed by atoms with E-state index in [1.165, 1.54) is 7.11 Å². The third kappa shape index (κ3) is 5.50. The van der Waals surface area contributed by atoms with Crippen LogP contribution < -0.4 is 15.8 Å². The van der Waals surface area contributed by atoms with Crippen molar-refractivity contribution in [1.82, 2.24) is 5.32 Å². The van der Waals surface area contributed by atoms with Crippen molar-refractivity contribution in [1.29, 1.82) is 0 Å². The molecule has 0 aliphatic rings. The third-order valence-corrected chi connectivity index (χ3v) is 2.42. The number of anilines is 1. The monoisotopic (exact) mass is 276 g/mol. The van der Waals surface area contributed by atoms with Crippen molar-refractivity contribution >= 4 is 11.6 Å². The Morgan fingerprint density at radius 2 is 2.11 bits per heavy atom. The number of hydrogen-bond acceptors (Lipinski definition) is 3. The van der Waals surface area contributed by atoms with Gasteiger partial charge in [0, 0.05) is 13.0 Å². The zero-order valence-corrected chi connectivity index (χ0v) is 10.4. The molecule has 3 N–H and O–H groups in total. The van der Waals surface area contributed by atoms with Gasteiger partial charge >= 0.3 is 6.18 Å². The molecule has 1 aromatic rings. The maximum atomic E-state index is 11.9. The van der Waals surface area contributed by atoms with Crippen molar-refractivity contribution in [3.05, 3.63) is 23.8 Å². The second kappa shape index (κ2) is 6.31. The van der Waals surface area contributed by atoms with Gasteiger partial charge in [-0.05, 0) is 17.7 Å². The van der Waals surface area contributed by atoms with E-state index in [0.717, 1.165) is 0 Å². The number of nitrogens with two attached hydrogens (primary N) is 1. The van der Waals surface area contributed by atoms with Crippen molar-refractivity contribution in [2.75, 3.05) is 12.8 Å². The van der Waals surface area contributed by atoms with Crippen LogP contribution in [-0.2, 0) is 11.3 Å². The Hall–Kier alpha value is -1.92. The molecular weight excluding hydrogens is 261 g/mol. The molecule has 0 aliphatic carbocycles. The fourth-order valence-corrected chi connectivity index (χ4v) is 1.44. The molecule has 0 atom stereocenters. The van der Waals surface area contributed by atoms with Crippen molar-refractivity contribution in [3.63, 3.8) is 0 Å². The van der Waals surface area contributed by atoms with Gasteiger partial charge in [-0.3, -0.25) is 4.79 Å². The van der Waals surface area contributed by atoms with Gasteiger partial charge in [-0.2, -0.15) is 13.2 Å². The molecule has 0 bridgehead atoms. The summed E-state index contributed by atoms with van der Waals surface area (Å²) in [4.78, 5) is 11.2. The third-order valence-electron chi connectivity index (χ3n) is 2.42. The fraction of sp³-hybridized carbons (Fsp3) is 0.417. The van der Waals surface area contributed by atoms with Crippen molar-refractivity contribution in [2.45, 2.75) is 25.6 Å². The van der Waals surface area contributed by atoms with E-state index in [2.05, 4.69) is 5.32 Å². The summed E-state index contributed by atoms with van der Waals surface area (Å²) in [7, 11) is 1.48. The van der Waals surface area contributed by atoms with Crippen LogP contribution in [0.15, 0.2) is 18.2 Å². The standard InChI is InChI=1S/C12H15F3N2O2/c1-19-10-3-2-8(6-9(10)16)7-17-11(18)4-5-12(13,14)15/h2-3,6H,4-5,7,16H2,1H3,(H,17,18). The summed E-state index contributed by atoms with van der Waals surface area (Å²) >= 11 is 0. The molecule has 0 heterocycles. The van der Waals surface area contributed by atoms with Gasteiger partial charge in [0.15, 0.2) is 0 Å². The second-order valence-electron chi connectivity index (χ2n) is 3.97. The minimum absolute atomic E-state index is 0.130. The number of hydrogen-bond donors (Lipinski definition) is 2. The molecule has 0 unspecified atom stereocenters. The lowest BCUT2D eigenvalue weighted by Crippen LogP contribution is -2.24. The topological polar surface area (TPSA) is 64.3 Å². The number of nitrogens with one attached hydrogen (secondary N) is 1. The number of carbonyl (C=O) groups excluding carboxylic acids is 1. The van der Waals surface area contributed by atoms with Crippen LogP contribution in [0.4, 0.5) is 18.9 Å². The van der Waals surface area contributed by atoms with Crippen LogP contribution in [0.2, 0.25) is 0 Å². The maximum absolute atomic E-state index is 11.9. The quantitative estimate of drug-likeness (QED) is 0.811. The van der Waals surface area contributed by atoms with Crippen LogP contribution in [0.1, 0.15) is 18.4 Å². The summed E-state index contributed by atoms with van der Waals surface area (Å²) < 4.78 is 40.7. The Balaban J connectivity index is 2.44. The number of nitrogen functional groups attached to an aromatic ring is 1. The maximum Gasteiger partial charge on any atom is 0.389 e. The van der Waals surface area contributed by atoms with E-state index in [4.69, 9.17) is 10.5 Å². The van der Waals surface area contributed by atoms with Gasteiger partial charge < -0.3 is 15.8 Å². The number of halogens is 3. The van der Waals surface area contributed by atoms with E-state index in [1.54, 1.807) is 18.2 Å². The lowest BCUT2D eigenvalue weighted by molar-refractivity contribution is -0.144. The molecule has 0 spiro atoms. The van der Waals surface area contributed by atoms with Crippen molar-refractivity contribution in [2.24, 2.45) is 0 Å². The number of ether oxygens (including phenoxy) is 1. The molecule has 0 saturated heterocycles. The van der Waals surface area contributed by atoms with E-state index in [1.807, 2.05) is 0 Å². The minimum Gasteiger partial charge on any atom is -0.495 e. The summed E-state index contributed by atoms with van der Waals surface area (Å²) in [6, 6.07) is 4.91. The largest absolute Gasteiger partial charge is 0.495 e. The van der Waals surface area contributed by atoms with Crippen LogP contribution in [-0.4, -0.2) is 19.2 Å². The summed E-state index contributed by atoms with van der Waals surface area (Å²) in [6.45, 7) is 0.130. The summed E-state index contributed by atoms with van der Waals surface area (Å²) in [5.74, 6) is -0.140. The van der Waals surface area contributed by atoms with Gasteiger partial charge in [-0.1, -0.05) is 6.07 Å². The SMILES string of the molecule is COc1ccc(CNC(=O)CCC(F)(F)F)cc1N. The minimum atomic E-state index is -4.32. The average Bonchev–Trinajstić information content (AvgIpc) is 2.33.